The van der Waals surface area contributed by atoms with Crippen molar-refractivity contribution in [1.29, 1.82) is 0 Å². The van der Waals surface area contributed by atoms with Gasteiger partial charge in [-0.2, -0.15) is 0 Å². The molecule has 2 aromatic rings. The Bertz CT molecular complexity index is 584. The summed E-state index contributed by atoms with van der Waals surface area (Å²) < 4.78 is 0. The molecule has 0 fully saturated rings. The van der Waals surface area contributed by atoms with E-state index >= 15 is 0 Å². The average molecular weight is 275 g/mol. The second-order valence-corrected chi connectivity index (χ2v) is 4.66. The van der Waals surface area contributed by atoms with Gasteiger partial charge in [0.15, 0.2) is 0 Å². The summed E-state index contributed by atoms with van der Waals surface area (Å²) in [4.78, 5) is 15.8. The van der Waals surface area contributed by atoms with Crippen LogP contribution in [0.1, 0.15) is 21.6 Å². The van der Waals surface area contributed by atoms with Crippen LogP contribution >= 0.6 is 11.6 Å². The zero-order valence-corrected chi connectivity index (χ0v) is 11.4. The van der Waals surface area contributed by atoms with Crippen molar-refractivity contribution in [3.05, 3.63) is 64.4 Å². The molecule has 1 amide bonds. The van der Waals surface area contributed by atoms with E-state index in [2.05, 4.69) is 10.3 Å². The zero-order valence-electron chi connectivity index (χ0n) is 10.7. The quantitative estimate of drug-likeness (QED) is 0.931. The molecule has 1 aromatic heterocycles. The third kappa shape index (κ3) is 3.55. The van der Waals surface area contributed by atoms with Crippen LogP contribution in [-0.4, -0.2) is 17.9 Å². The van der Waals surface area contributed by atoms with E-state index in [0.29, 0.717) is 5.69 Å². The van der Waals surface area contributed by atoms with Crippen molar-refractivity contribution < 1.29 is 4.79 Å². The fraction of sp³-hybridized carbons (Fsp3) is 0.200. The van der Waals surface area contributed by atoms with Crippen LogP contribution < -0.4 is 5.32 Å². The molecule has 0 spiro atoms. The Morgan fingerprint density at radius 2 is 2.11 bits per heavy atom. The number of halogens is 1. The summed E-state index contributed by atoms with van der Waals surface area (Å²) in [6.45, 7) is 0. The number of rotatable bonds is 4. The molecule has 4 heteroatoms. The third-order valence-corrected chi connectivity index (χ3v) is 3.14. The highest BCUT2D eigenvalue weighted by atomic mass is 35.5. The van der Waals surface area contributed by atoms with Crippen molar-refractivity contribution in [3.8, 4) is 0 Å². The van der Waals surface area contributed by atoms with E-state index in [0.717, 1.165) is 29.0 Å². The summed E-state index contributed by atoms with van der Waals surface area (Å²) in [5.74, 6) is -0.151. The van der Waals surface area contributed by atoms with Gasteiger partial charge in [-0.1, -0.05) is 29.8 Å². The first kappa shape index (κ1) is 13.6. The Balaban J connectivity index is 2.13. The number of hydrogen-bond donors (Lipinski definition) is 1. The Morgan fingerprint density at radius 1 is 1.26 bits per heavy atom. The molecule has 1 N–H and O–H groups in total. The summed E-state index contributed by atoms with van der Waals surface area (Å²) in [5.41, 5.74) is 2.59. The number of amides is 1. The monoisotopic (exact) mass is 274 g/mol. The van der Waals surface area contributed by atoms with E-state index in [9.17, 15) is 4.79 Å². The minimum absolute atomic E-state index is 0.151. The molecule has 1 heterocycles. The SMILES string of the molecule is CNC(=O)c1ncccc1CCc1cccc(Cl)c1. The highest BCUT2D eigenvalue weighted by molar-refractivity contribution is 6.30. The smallest absolute Gasteiger partial charge is 0.269 e. The summed E-state index contributed by atoms with van der Waals surface area (Å²) >= 11 is 5.95. The van der Waals surface area contributed by atoms with Crippen molar-refractivity contribution in [1.82, 2.24) is 10.3 Å². The summed E-state index contributed by atoms with van der Waals surface area (Å²) in [6, 6.07) is 11.5. The zero-order chi connectivity index (χ0) is 13.7. The Kier molecular flexibility index (Phi) is 4.53. The maximum Gasteiger partial charge on any atom is 0.269 e. The molecule has 19 heavy (non-hydrogen) atoms. The number of benzene rings is 1. The van der Waals surface area contributed by atoms with Gasteiger partial charge >= 0.3 is 0 Å². The Labute approximate surface area is 117 Å². The van der Waals surface area contributed by atoms with Crippen molar-refractivity contribution >= 4 is 17.5 Å². The van der Waals surface area contributed by atoms with Gasteiger partial charge in [0, 0.05) is 18.3 Å². The van der Waals surface area contributed by atoms with Crippen molar-refractivity contribution in [3.63, 3.8) is 0 Å². The average Bonchev–Trinajstić information content (AvgIpc) is 2.45. The molecule has 0 bridgehead atoms. The first-order chi connectivity index (χ1) is 9.20. The normalized spacial score (nSPS) is 10.2. The van der Waals surface area contributed by atoms with Crippen molar-refractivity contribution in [2.75, 3.05) is 7.05 Å². The van der Waals surface area contributed by atoms with Gasteiger partial charge < -0.3 is 5.32 Å². The molecule has 0 saturated heterocycles. The van der Waals surface area contributed by atoms with Gasteiger partial charge in [-0.25, -0.2) is 0 Å². The fourth-order valence-corrected chi connectivity index (χ4v) is 2.15. The Morgan fingerprint density at radius 3 is 2.84 bits per heavy atom. The molecule has 0 unspecified atom stereocenters. The van der Waals surface area contributed by atoms with Crippen molar-refractivity contribution in [2.45, 2.75) is 12.8 Å². The molecule has 3 nitrogen and oxygen atoms in total. The van der Waals surface area contributed by atoms with Gasteiger partial charge in [0.05, 0.1) is 0 Å². The largest absolute Gasteiger partial charge is 0.354 e. The molecule has 0 aliphatic carbocycles. The maximum absolute atomic E-state index is 11.7. The van der Waals surface area contributed by atoms with Crippen molar-refractivity contribution in [2.24, 2.45) is 0 Å². The lowest BCUT2D eigenvalue weighted by atomic mass is 10.0. The molecule has 0 radical (unpaired) electrons. The van der Waals surface area contributed by atoms with Gasteiger partial charge in [0.1, 0.15) is 5.69 Å². The number of hydrogen-bond acceptors (Lipinski definition) is 2. The molecule has 0 saturated carbocycles. The number of carbonyl (C=O) groups excluding carboxylic acids is 1. The predicted molar refractivity (Wildman–Crippen MR) is 76.5 cm³/mol. The minimum Gasteiger partial charge on any atom is -0.354 e. The van der Waals surface area contributed by atoms with Crippen LogP contribution in [0.25, 0.3) is 0 Å². The topological polar surface area (TPSA) is 42.0 Å². The van der Waals surface area contributed by atoms with Crippen LogP contribution in [-0.2, 0) is 12.8 Å². The molecule has 0 aliphatic heterocycles. The van der Waals surface area contributed by atoms with E-state index < -0.39 is 0 Å². The Hall–Kier alpha value is -1.87. The summed E-state index contributed by atoms with van der Waals surface area (Å²) in [5, 5.41) is 3.34. The summed E-state index contributed by atoms with van der Waals surface area (Å²) in [7, 11) is 1.61. The van der Waals surface area contributed by atoms with E-state index in [1.807, 2.05) is 36.4 Å². The third-order valence-electron chi connectivity index (χ3n) is 2.91. The van der Waals surface area contributed by atoms with Crippen LogP contribution in [0.4, 0.5) is 0 Å². The molecule has 2 rings (SSSR count). The number of carbonyl (C=O) groups is 1. The summed E-state index contributed by atoms with van der Waals surface area (Å²) in [6.07, 6.45) is 3.22. The van der Waals surface area contributed by atoms with E-state index in [-0.39, 0.29) is 5.91 Å². The van der Waals surface area contributed by atoms with Gasteiger partial charge in [-0.05, 0) is 42.2 Å². The van der Waals surface area contributed by atoms with E-state index in [4.69, 9.17) is 11.6 Å². The second-order valence-electron chi connectivity index (χ2n) is 4.22. The number of nitrogens with one attached hydrogen (secondary N) is 1. The molecular weight excluding hydrogens is 260 g/mol. The van der Waals surface area contributed by atoms with Gasteiger partial charge in [0.2, 0.25) is 0 Å². The first-order valence-corrected chi connectivity index (χ1v) is 6.49. The number of aryl methyl sites for hydroxylation is 2. The van der Waals surface area contributed by atoms with Crippen LogP contribution in [0, 0.1) is 0 Å². The lowest BCUT2D eigenvalue weighted by Gasteiger charge is -2.07. The van der Waals surface area contributed by atoms with E-state index in [1.165, 1.54) is 0 Å². The number of aromatic nitrogens is 1. The van der Waals surface area contributed by atoms with E-state index in [1.54, 1.807) is 13.2 Å². The lowest BCUT2D eigenvalue weighted by Crippen LogP contribution is -2.21. The van der Waals surface area contributed by atoms with Gasteiger partial charge in [-0.15, -0.1) is 0 Å². The van der Waals surface area contributed by atoms with Crippen LogP contribution in [0.5, 0.6) is 0 Å². The maximum atomic E-state index is 11.7. The molecule has 98 valence electrons. The fourth-order valence-electron chi connectivity index (χ4n) is 1.93. The van der Waals surface area contributed by atoms with Crippen LogP contribution in [0.3, 0.4) is 0 Å². The highest BCUT2D eigenvalue weighted by Crippen LogP contribution is 2.14. The lowest BCUT2D eigenvalue weighted by molar-refractivity contribution is 0.0957. The van der Waals surface area contributed by atoms with Gasteiger partial charge in [-0.3, -0.25) is 9.78 Å². The first-order valence-electron chi connectivity index (χ1n) is 6.11. The number of nitrogens with zero attached hydrogens (tertiary/aromatic N) is 1. The predicted octanol–water partition coefficient (Wildman–Crippen LogP) is 2.88. The number of pyridine rings is 1. The molecular formula is C15H15ClN2O. The molecule has 0 atom stereocenters. The minimum atomic E-state index is -0.151. The second kappa shape index (κ2) is 6.34. The van der Waals surface area contributed by atoms with Crippen LogP contribution in [0.15, 0.2) is 42.6 Å². The molecule has 0 aliphatic rings. The van der Waals surface area contributed by atoms with Crippen LogP contribution in [0.2, 0.25) is 5.02 Å². The standard InChI is InChI=1S/C15H15ClN2O/c1-17-15(19)14-12(5-3-9-18-14)8-7-11-4-2-6-13(16)10-11/h2-6,9-10H,7-8H2,1H3,(H,17,19). The van der Waals surface area contributed by atoms with Gasteiger partial charge in [0.25, 0.3) is 5.91 Å². The highest BCUT2D eigenvalue weighted by Gasteiger charge is 2.10. The molecule has 1 aromatic carbocycles.